The minimum Gasteiger partial charge on any atom is -0.391 e. The zero-order valence-corrected chi connectivity index (χ0v) is 8.50. The van der Waals surface area contributed by atoms with E-state index in [1.165, 1.54) is 0 Å². The minimum absolute atomic E-state index is 0.267. The maximum atomic E-state index is 9.34. The molecule has 1 aliphatic rings. The topological polar surface area (TPSA) is 26.7 Å². The van der Waals surface area contributed by atoms with Gasteiger partial charge in [-0.25, -0.2) is 0 Å². The Labute approximate surface area is 79.8 Å². The second kappa shape index (κ2) is 5.07. The van der Waals surface area contributed by atoms with E-state index in [9.17, 15) is 5.11 Å². The number of β-amino-alcohol motifs (C(OH)–C–C–N with tert-alkyl or cyclic N) is 1. The SMILES string of the molecule is CN1CCN(CC(O)CS)CC1. The van der Waals surface area contributed by atoms with Crippen LogP contribution in [0.5, 0.6) is 0 Å². The number of piperazine rings is 1. The molecular weight excluding hydrogens is 172 g/mol. The lowest BCUT2D eigenvalue weighted by molar-refractivity contribution is 0.0922. The van der Waals surface area contributed by atoms with Crippen LogP contribution in [0.2, 0.25) is 0 Å². The fraction of sp³-hybridized carbons (Fsp3) is 1.00. The van der Waals surface area contributed by atoms with E-state index >= 15 is 0 Å². The second-order valence-corrected chi connectivity index (χ2v) is 3.81. The van der Waals surface area contributed by atoms with E-state index in [2.05, 4.69) is 29.5 Å². The van der Waals surface area contributed by atoms with Gasteiger partial charge < -0.3 is 10.0 Å². The normalized spacial score (nSPS) is 24.2. The second-order valence-electron chi connectivity index (χ2n) is 3.44. The minimum atomic E-state index is -0.267. The smallest absolute Gasteiger partial charge is 0.0754 e. The van der Waals surface area contributed by atoms with Crippen LogP contribution >= 0.6 is 12.6 Å². The molecule has 1 unspecified atom stereocenters. The summed E-state index contributed by atoms with van der Waals surface area (Å²) >= 11 is 4.05. The van der Waals surface area contributed by atoms with Crippen molar-refractivity contribution in [1.29, 1.82) is 0 Å². The van der Waals surface area contributed by atoms with Gasteiger partial charge in [-0.15, -0.1) is 0 Å². The number of hydrogen-bond acceptors (Lipinski definition) is 4. The van der Waals surface area contributed by atoms with Gasteiger partial charge in [0.1, 0.15) is 0 Å². The average Bonchev–Trinajstić information content (AvgIpc) is 2.09. The summed E-state index contributed by atoms with van der Waals surface area (Å²) in [6.45, 7) is 5.14. The van der Waals surface area contributed by atoms with Crippen molar-refractivity contribution in [2.75, 3.05) is 45.5 Å². The van der Waals surface area contributed by atoms with Gasteiger partial charge in [0.05, 0.1) is 6.10 Å². The number of nitrogens with zero attached hydrogens (tertiary/aromatic N) is 2. The first-order valence-electron chi connectivity index (χ1n) is 4.42. The van der Waals surface area contributed by atoms with Crippen LogP contribution in [0.15, 0.2) is 0 Å². The average molecular weight is 190 g/mol. The Kier molecular flexibility index (Phi) is 4.35. The van der Waals surface area contributed by atoms with Crippen molar-refractivity contribution in [2.45, 2.75) is 6.10 Å². The van der Waals surface area contributed by atoms with E-state index < -0.39 is 0 Å². The molecule has 0 saturated carbocycles. The molecule has 0 aromatic rings. The molecule has 0 aromatic heterocycles. The first kappa shape index (κ1) is 10.3. The fourth-order valence-corrected chi connectivity index (χ4v) is 1.50. The first-order valence-corrected chi connectivity index (χ1v) is 5.05. The number of aliphatic hydroxyl groups is 1. The molecule has 1 N–H and O–H groups in total. The largest absolute Gasteiger partial charge is 0.391 e. The molecule has 0 aromatic carbocycles. The van der Waals surface area contributed by atoms with Gasteiger partial charge in [-0.05, 0) is 7.05 Å². The van der Waals surface area contributed by atoms with Crippen LogP contribution in [0.1, 0.15) is 0 Å². The maximum Gasteiger partial charge on any atom is 0.0754 e. The molecule has 0 aliphatic carbocycles. The lowest BCUT2D eigenvalue weighted by atomic mass is 10.3. The number of aliphatic hydroxyl groups excluding tert-OH is 1. The highest BCUT2D eigenvalue weighted by Crippen LogP contribution is 2.00. The lowest BCUT2D eigenvalue weighted by Gasteiger charge is -2.33. The van der Waals surface area contributed by atoms with Crippen molar-refractivity contribution >= 4 is 12.6 Å². The zero-order chi connectivity index (χ0) is 8.97. The number of rotatable bonds is 3. The first-order chi connectivity index (χ1) is 5.72. The summed E-state index contributed by atoms with van der Waals surface area (Å²) in [5.41, 5.74) is 0. The molecule has 0 amide bonds. The molecule has 1 saturated heterocycles. The fourth-order valence-electron chi connectivity index (χ4n) is 1.39. The summed E-state index contributed by atoms with van der Waals surface area (Å²) in [5.74, 6) is 0.562. The maximum absolute atomic E-state index is 9.34. The summed E-state index contributed by atoms with van der Waals surface area (Å²) in [5, 5.41) is 9.34. The third-order valence-corrected chi connectivity index (χ3v) is 2.70. The Bertz CT molecular complexity index is 126. The molecule has 72 valence electrons. The summed E-state index contributed by atoms with van der Waals surface area (Å²) in [6.07, 6.45) is -0.267. The number of likely N-dealkylation sites (N-methyl/N-ethyl adjacent to an activating group) is 1. The van der Waals surface area contributed by atoms with Gasteiger partial charge in [0.25, 0.3) is 0 Å². The van der Waals surface area contributed by atoms with Crippen LogP contribution in [0.3, 0.4) is 0 Å². The summed E-state index contributed by atoms with van der Waals surface area (Å²) in [7, 11) is 2.13. The van der Waals surface area contributed by atoms with Crippen molar-refractivity contribution in [3.63, 3.8) is 0 Å². The van der Waals surface area contributed by atoms with Crippen molar-refractivity contribution < 1.29 is 5.11 Å². The van der Waals surface area contributed by atoms with E-state index in [0.717, 1.165) is 32.7 Å². The molecule has 1 atom stereocenters. The molecule has 12 heavy (non-hydrogen) atoms. The van der Waals surface area contributed by atoms with Crippen molar-refractivity contribution in [1.82, 2.24) is 9.80 Å². The highest BCUT2D eigenvalue weighted by molar-refractivity contribution is 7.80. The third-order valence-electron chi connectivity index (χ3n) is 2.28. The quantitative estimate of drug-likeness (QED) is 0.589. The molecule has 4 heteroatoms. The van der Waals surface area contributed by atoms with E-state index in [1.807, 2.05) is 0 Å². The zero-order valence-electron chi connectivity index (χ0n) is 7.61. The Balaban J connectivity index is 2.17. The molecule has 0 radical (unpaired) electrons. The molecular formula is C8H18N2OS. The van der Waals surface area contributed by atoms with Crippen LogP contribution < -0.4 is 0 Å². The van der Waals surface area contributed by atoms with E-state index in [1.54, 1.807) is 0 Å². The standard InChI is InChI=1S/C8H18N2OS/c1-9-2-4-10(5-3-9)6-8(11)7-12/h8,11-12H,2-7H2,1H3. The number of hydrogen-bond donors (Lipinski definition) is 2. The van der Waals surface area contributed by atoms with Gasteiger partial charge >= 0.3 is 0 Å². The predicted molar refractivity (Wildman–Crippen MR) is 53.8 cm³/mol. The molecule has 1 fully saturated rings. The van der Waals surface area contributed by atoms with Crippen LogP contribution in [0, 0.1) is 0 Å². The molecule has 1 aliphatic heterocycles. The summed E-state index contributed by atoms with van der Waals surface area (Å²) in [4.78, 5) is 4.60. The van der Waals surface area contributed by atoms with Crippen LogP contribution in [0.25, 0.3) is 0 Å². The highest BCUT2D eigenvalue weighted by atomic mass is 32.1. The van der Waals surface area contributed by atoms with E-state index in [4.69, 9.17) is 0 Å². The van der Waals surface area contributed by atoms with Crippen LogP contribution in [-0.2, 0) is 0 Å². The highest BCUT2D eigenvalue weighted by Gasteiger charge is 2.15. The van der Waals surface area contributed by atoms with Gasteiger partial charge in [0.15, 0.2) is 0 Å². The molecule has 0 bridgehead atoms. The lowest BCUT2D eigenvalue weighted by Crippen LogP contribution is -2.47. The van der Waals surface area contributed by atoms with Crippen LogP contribution in [-0.4, -0.2) is 66.5 Å². The summed E-state index contributed by atoms with van der Waals surface area (Å²) in [6, 6.07) is 0. The monoisotopic (exact) mass is 190 g/mol. The van der Waals surface area contributed by atoms with Gasteiger partial charge in [-0.3, -0.25) is 4.90 Å². The van der Waals surface area contributed by atoms with E-state index in [0.29, 0.717) is 5.75 Å². The van der Waals surface area contributed by atoms with Crippen LogP contribution in [0.4, 0.5) is 0 Å². The predicted octanol–water partition coefficient (Wildman–Crippen LogP) is -0.476. The van der Waals surface area contributed by atoms with Gasteiger partial charge in [0, 0.05) is 38.5 Å². The van der Waals surface area contributed by atoms with Gasteiger partial charge in [0.2, 0.25) is 0 Å². The molecule has 1 rings (SSSR count). The van der Waals surface area contributed by atoms with Crippen molar-refractivity contribution in [3.8, 4) is 0 Å². The van der Waals surface area contributed by atoms with Gasteiger partial charge in [-0.1, -0.05) is 0 Å². The Hall–Kier alpha value is 0.230. The summed E-state index contributed by atoms with van der Waals surface area (Å²) < 4.78 is 0. The Morgan fingerprint density at radius 2 is 1.92 bits per heavy atom. The number of thiol groups is 1. The van der Waals surface area contributed by atoms with Crippen molar-refractivity contribution in [3.05, 3.63) is 0 Å². The molecule has 3 nitrogen and oxygen atoms in total. The van der Waals surface area contributed by atoms with Crippen molar-refractivity contribution in [2.24, 2.45) is 0 Å². The molecule has 0 spiro atoms. The van der Waals surface area contributed by atoms with E-state index in [-0.39, 0.29) is 6.10 Å². The molecule has 1 heterocycles. The van der Waals surface area contributed by atoms with Gasteiger partial charge in [-0.2, -0.15) is 12.6 Å². The Morgan fingerprint density at radius 1 is 1.33 bits per heavy atom. The third kappa shape index (κ3) is 3.31. The Morgan fingerprint density at radius 3 is 2.42 bits per heavy atom.